The highest BCUT2D eigenvalue weighted by Crippen LogP contribution is 2.45. The maximum Gasteiger partial charge on any atom is 0.472 e. The molecule has 564 valence electrons. The van der Waals surface area contributed by atoms with E-state index < -0.39 is 97.5 Å². The van der Waals surface area contributed by atoms with Gasteiger partial charge in [-0.25, -0.2) is 9.13 Å². The minimum absolute atomic E-state index is 0.105. The van der Waals surface area contributed by atoms with Gasteiger partial charge in [-0.05, 0) is 37.5 Å². The van der Waals surface area contributed by atoms with Gasteiger partial charge in [0.05, 0.1) is 26.4 Å². The zero-order valence-electron chi connectivity index (χ0n) is 62.0. The number of rotatable bonds is 75. The van der Waals surface area contributed by atoms with Crippen LogP contribution in [0.1, 0.15) is 395 Å². The van der Waals surface area contributed by atoms with Crippen molar-refractivity contribution in [3.63, 3.8) is 0 Å². The summed E-state index contributed by atoms with van der Waals surface area (Å²) in [6, 6.07) is 0. The molecule has 0 aliphatic carbocycles. The number of aliphatic hydroxyl groups is 1. The lowest BCUT2D eigenvalue weighted by atomic mass is 9.99. The van der Waals surface area contributed by atoms with E-state index in [0.717, 1.165) is 102 Å². The summed E-state index contributed by atoms with van der Waals surface area (Å²) in [6.07, 6.45) is 55.4. The summed E-state index contributed by atoms with van der Waals surface area (Å²) in [4.78, 5) is 72.8. The predicted octanol–water partition coefficient (Wildman–Crippen LogP) is 22.3. The number of hydrogen-bond donors (Lipinski definition) is 3. The summed E-state index contributed by atoms with van der Waals surface area (Å²) < 4.78 is 68.5. The highest BCUT2D eigenvalue weighted by molar-refractivity contribution is 7.47. The lowest BCUT2D eigenvalue weighted by molar-refractivity contribution is -0.161. The maximum absolute atomic E-state index is 13.1. The Morgan fingerprint density at radius 3 is 0.800 bits per heavy atom. The van der Waals surface area contributed by atoms with E-state index >= 15 is 0 Å². The Kier molecular flexibility index (Phi) is 66.5. The number of carbonyl (C=O) groups is 4. The molecule has 0 aromatic carbocycles. The van der Waals surface area contributed by atoms with Crippen LogP contribution in [0.25, 0.3) is 0 Å². The minimum atomic E-state index is -4.96. The lowest BCUT2D eigenvalue weighted by Crippen LogP contribution is -2.30. The second-order valence-corrected chi connectivity index (χ2v) is 31.0. The number of phosphoric ester groups is 2. The Hall–Kier alpha value is -1.94. The van der Waals surface area contributed by atoms with Crippen LogP contribution in [0.3, 0.4) is 0 Å². The third-order valence-corrected chi connectivity index (χ3v) is 20.0. The van der Waals surface area contributed by atoms with E-state index in [1.165, 1.54) is 212 Å². The number of unbranched alkanes of at least 4 members (excludes halogenated alkanes) is 44. The molecule has 3 unspecified atom stereocenters. The van der Waals surface area contributed by atoms with Gasteiger partial charge < -0.3 is 33.8 Å². The summed E-state index contributed by atoms with van der Waals surface area (Å²) in [5, 5.41) is 10.6. The van der Waals surface area contributed by atoms with Gasteiger partial charge in [0.1, 0.15) is 19.3 Å². The van der Waals surface area contributed by atoms with Gasteiger partial charge in [0.2, 0.25) is 0 Å². The minimum Gasteiger partial charge on any atom is -0.462 e. The molecule has 0 fully saturated rings. The first-order chi connectivity index (χ1) is 45.9. The van der Waals surface area contributed by atoms with Crippen LogP contribution in [0.4, 0.5) is 0 Å². The number of esters is 4. The Morgan fingerprint density at radius 1 is 0.305 bits per heavy atom. The maximum atomic E-state index is 13.1. The highest BCUT2D eigenvalue weighted by Gasteiger charge is 2.30. The average molecular weight is 1400 g/mol. The van der Waals surface area contributed by atoms with Gasteiger partial charge in [-0.3, -0.25) is 37.3 Å². The van der Waals surface area contributed by atoms with E-state index in [1.54, 1.807) is 0 Å². The standard InChI is InChI=1S/C76H148O17P2/c1-7-10-12-14-16-18-20-21-22-23-24-25-26-27-29-35-42-48-54-60-75(80)92-71(64-87-74(79)59-53-47-41-34-31-30-32-39-45-51-57-69(6)9-3)66-90-94(82,83)88-62-70(77)63-89-95(84,85)91-67-72(93-76(81)61-55-49-43-37-36-38-44-50-56-68(4)5)65-86-73(78)58-52-46-40-33-28-19-17-15-13-11-8-2/h68-72,77H,7-67H2,1-6H3,(H,82,83)(H,84,85)/t69?,70-,71-,72-/m1/s1. The van der Waals surface area contributed by atoms with Crippen molar-refractivity contribution < 1.29 is 80.2 Å². The average Bonchev–Trinajstić information content (AvgIpc) is 2.04. The molecule has 17 nitrogen and oxygen atoms in total. The molecule has 0 aliphatic heterocycles. The Bertz CT molecular complexity index is 1840. The van der Waals surface area contributed by atoms with Gasteiger partial charge in [-0.1, -0.05) is 343 Å². The van der Waals surface area contributed by atoms with E-state index in [9.17, 15) is 43.2 Å². The fraction of sp³-hybridized carbons (Fsp3) is 0.947. The first-order valence-electron chi connectivity index (χ1n) is 39.5. The van der Waals surface area contributed by atoms with Crippen LogP contribution < -0.4 is 0 Å². The Labute approximate surface area is 581 Å². The molecule has 3 N–H and O–H groups in total. The summed E-state index contributed by atoms with van der Waals surface area (Å²) in [5.74, 6) is -0.589. The van der Waals surface area contributed by atoms with Crippen molar-refractivity contribution in [1.29, 1.82) is 0 Å². The monoisotopic (exact) mass is 1400 g/mol. The Morgan fingerprint density at radius 2 is 0.537 bits per heavy atom. The molecule has 0 radical (unpaired) electrons. The second kappa shape index (κ2) is 67.9. The van der Waals surface area contributed by atoms with Crippen LogP contribution in [-0.4, -0.2) is 96.7 Å². The largest absolute Gasteiger partial charge is 0.472 e. The lowest BCUT2D eigenvalue weighted by Gasteiger charge is -2.21. The Balaban J connectivity index is 5.23. The van der Waals surface area contributed by atoms with Crippen molar-refractivity contribution in [2.24, 2.45) is 11.8 Å². The van der Waals surface area contributed by atoms with E-state index in [1.807, 2.05) is 0 Å². The molecule has 0 heterocycles. The molecule has 0 aromatic rings. The summed E-state index contributed by atoms with van der Waals surface area (Å²) in [6.45, 7) is 9.58. The number of aliphatic hydroxyl groups excluding tert-OH is 1. The molecule has 19 heteroatoms. The zero-order valence-corrected chi connectivity index (χ0v) is 63.8. The van der Waals surface area contributed by atoms with Gasteiger partial charge in [0, 0.05) is 25.7 Å². The molecule has 0 aromatic heterocycles. The topological polar surface area (TPSA) is 237 Å². The van der Waals surface area contributed by atoms with Crippen molar-refractivity contribution in [1.82, 2.24) is 0 Å². The number of ether oxygens (including phenoxy) is 4. The van der Waals surface area contributed by atoms with Crippen LogP contribution >= 0.6 is 15.6 Å². The molecule has 0 aliphatic rings. The van der Waals surface area contributed by atoms with Crippen LogP contribution in [0, 0.1) is 11.8 Å². The fourth-order valence-corrected chi connectivity index (χ4v) is 13.2. The number of carbonyl (C=O) groups excluding carboxylic acids is 4. The van der Waals surface area contributed by atoms with Crippen LogP contribution in [0.2, 0.25) is 0 Å². The normalized spacial score (nSPS) is 14.3. The quantitative estimate of drug-likeness (QED) is 0.0222. The third-order valence-electron chi connectivity index (χ3n) is 18.1. The van der Waals surface area contributed by atoms with Crippen molar-refractivity contribution >= 4 is 39.5 Å². The molecule has 0 rings (SSSR count). The van der Waals surface area contributed by atoms with Gasteiger partial charge in [-0.15, -0.1) is 0 Å². The van der Waals surface area contributed by atoms with E-state index in [0.29, 0.717) is 25.7 Å². The summed E-state index contributed by atoms with van der Waals surface area (Å²) >= 11 is 0. The molecular formula is C76H148O17P2. The van der Waals surface area contributed by atoms with E-state index in [4.69, 9.17) is 37.0 Å². The fourth-order valence-electron chi connectivity index (χ4n) is 11.6. The van der Waals surface area contributed by atoms with Gasteiger partial charge in [-0.2, -0.15) is 0 Å². The second-order valence-electron chi connectivity index (χ2n) is 28.1. The van der Waals surface area contributed by atoms with Crippen molar-refractivity contribution in [3.05, 3.63) is 0 Å². The number of phosphoric acid groups is 2. The summed E-state index contributed by atoms with van der Waals surface area (Å²) in [5.41, 5.74) is 0. The first kappa shape index (κ1) is 93.1. The smallest absolute Gasteiger partial charge is 0.462 e. The molecule has 0 amide bonds. The molecular weight excluding hydrogens is 1250 g/mol. The third kappa shape index (κ3) is 69.0. The zero-order chi connectivity index (χ0) is 70.0. The van der Waals surface area contributed by atoms with Crippen molar-refractivity contribution in [2.45, 2.75) is 413 Å². The predicted molar refractivity (Wildman–Crippen MR) is 386 cm³/mol. The summed E-state index contributed by atoms with van der Waals surface area (Å²) in [7, 11) is -9.91. The van der Waals surface area contributed by atoms with Crippen molar-refractivity contribution in [3.8, 4) is 0 Å². The SMILES string of the molecule is CCCCCCCCCCCCCCCCCCCCCC(=O)O[C@H](COC(=O)CCCCCCCCCCCCC(C)CC)COP(=O)(O)OC[C@@H](O)COP(=O)(O)OC[C@@H](COC(=O)CCCCCCCCCCCCC)OC(=O)CCCCCCCCCCC(C)C. The molecule has 0 bridgehead atoms. The van der Waals surface area contributed by atoms with E-state index in [-0.39, 0.29) is 25.7 Å². The van der Waals surface area contributed by atoms with Crippen LogP contribution in [-0.2, 0) is 65.4 Å². The highest BCUT2D eigenvalue weighted by atomic mass is 31.2. The number of hydrogen-bond acceptors (Lipinski definition) is 15. The molecule has 0 spiro atoms. The van der Waals surface area contributed by atoms with Gasteiger partial charge >= 0.3 is 39.5 Å². The van der Waals surface area contributed by atoms with Crippen molar-refractivity contribution in [2.75, 3.05) is 39.6 Å². The van der Waals surface area contributed by atoms with Gasteiger partial charge in [0.15, 0.2) is 12.2 Å². The molecule has 6 atom stereocenters. The molecule has 0 saturated heterocycles. The van der Waals surface area contributed by atoms with Gasteiger partial charge in [0.25, 0.3) is 0 Å². The molecule has 95 heavy (non-hydrogen) atoms. The first-order valence-corrected chi connectivity index (χ1v) is 42.5. The molecule has 0 saturated carbocycles. The van der Waals surface area contributed by atoms with E-state index in [2.05, 4.69) is 41.5 Å². The van der Waals surface area contributed by atoms with Crippen LogP contribution in [0.5, 0.6) is 0 Å². The van der Waals surface area contributed by atoms with Crippen LogP contribution in [0.15, 0.2) is 0 Å².